The van der Waals surface area contributed by atoms with E-state index in [-0.39, 0.29) is 6.04 Å². The SMILES string of the molecule is O=CC1CN(c2ccccc2)CN1. The highest BCUT2D eigenvalue weighted by molar-refractivity contribution is 5.61. The maximum Gasteiger partial charge on any atom is 0.138 e. The number of aldehydes is 1. The standard InChI is InChI=1S/C10H12N2O/c13-7-9-6-12(8-11-9)10-4-2-1-3-5-10/h1-5,7,9,11H,6,8H2. The second kappa shape index (κ2) is 3.58. The van der Waals surface area contributed by atoms with Crippen LogP contribution >= 0.6 is 0 Å². The van der Waals surface area contributed by atoms with E-state index < -0.39 is 0 Å². The van der Waals surface area contributed by atoms with Crippen LogP contribution in [0.25, 0.3) is 0 Å². The van der Waals surface area contributed by atoms with Crippen molar-refractivity contribution in [3.8, 4) is 0 Å². The highest BCUT2D eigenvalue weighted by Crippen LogP contribution is 2.14. The molecule has 3 heteroatoms. The number of benzene rings is 1. The van der Waals surface area contributed by atoms with Crippen molar-refractivity contribution in [3.63, 3.8) is 0 Å². The Labute approximate surface area is 77.4 Å². The van der Waals surface area contributed by atoms with E-state index in [4.69, 9.17) is 0 Å². The van der Waals surface area contributed by atoms with E-state index in [0.717, 1.165) is 19.5 Å². The lowest BCUT2D eigenvalue weighted by molar-refractivity contribution is -0.109. The van der Waals surface area contributed by atoms with Crippen molar-refractivity contribution in [2.75, 3.05) is 18.1 Å². The first kappa shape index (κ1) is 8.26. The summed E-state index contributed by atoms with van der Waals surface area (Å²) < 4.78 is 0. The molecule has 1 heterocycles. The maximum absolute atomic E-state index is 10.5. The van der Waals surface area contributed by atoms with Gasteiger partial charge in [0.2, 0.25) is 0 Å². The van der Waals surface area contributed by atoms with Gasteiger partial charge in [0.25, 0.3) is 0 Å². The van der Waals surface area contributed by atoms with Gasteiger partial charge in [-0.05, 0) is 12.1 Å². The third kappa shape index (κ3) is 1.70. The van der Waals surface area contributed by atoms with Crippen molar-refractivity contribution >= 4 is 12.0 Å². The summed E-state index contributed by atoms with van der Waals surface area (Å²) in [6, 6.07) is 10.1. The Morgan fingerprint density at radius 1 is 1.38 bits per heavy atom. The summed E-state index contributed by atoms with van der Waals surface area (Å²) >= 11 is 0. The van der Waals surface area contributed by atoms with Gasteiger partial charge in [0.1, 0.15) is 6.29 Å². The normalized spacial score (nSPS) is 21.8. The highest BCUT2D eigenvalue weighted by atomic mass is 16.1. The molecule has 1 unspecified atom stereocenters. The van der Waals surface area contributed by atoms with Crippen LogP contribution in [0.4, 0.5) is 5.69 Å². The second-order valence-electron chi connectivity index (χ2n) is 3.16. The maximum atomic E-state index is 10.5. The first-order valence-electron chi connectivity index (χ1n) is 4.39. The van der Waals surface area contributed by atoms with Crippen LogP contribution < -0.4 is 10.2 Å². The lowest BCUT2D eigenvalue weighted by Gasteiger charge is -2.15. The Hall–Kier alpha value is -1.35. The zero-order valence-electron chi connectivity index (χ0n) is 7.31. The number of nitrogens with one attached hydrogen (secondary N) is 1. The van der Waals surface area contributed by atoms with Crippen LogP contribution in [0.2, 0.25) is 0 Å². The minimum atomic E-state index is -0.0137. The summed E-state index contributed by atoms with van der Waals surface area (Å²) in [5, 5.41) is 3.11. The molecule has 0 radical (unpaired) electrons. The number of hydrogen-bond donors (Lipinski definition) is 1. The molecule has 1 aromatic carbocycles. The first-order valence-corrected chi connectivity index (χ1v) is 4.39. The van der Waals surface area contributed by atoms with Gasteiger partial charge in [-0.25, -0.2) is 0 Å². The van der Waals surface area contributed by atoms with E-state index in [2.05, 4.69) is 22.3 Å². The lowest BCUT2D eigenvalue weighted by atomic mass is 10.3. The van der Waals surface area contributed by atoms with Gasteiger partial charge in [-0.1, -0.05) is 18.2 Å². The fourth-order valence-corrected chi connectivity index (χ4v) is 1.52. The van der Waals surface area contributed by atoms with E-state index in [1.54, 1.807) is 0 Å². The summed E-state index contributed by atoms with van der Waals surface area (Å²) in [6.07, 6.45) is 0.961. The van der Waals surface area contributed by atoms with Crippen molar-refractivity contribution in [2.45, 2.75) is 6.04 Å². The molecule has 1 atom stereocenters. The third-order valence-electron chi connectivity index (χ3n) is 2.25. The zero-order chi connectivity index (χ0) is 9.10. The third-order valence-corrected chi connectivity index (χ3v) is 2.25. The second-order valence-corrected chi connectivity index (χ2v) is 3.16. The number of carbonyl (C=O) groups is 1. The molecule has 0 saturated carbocycles. The predicted octanol–water partition coefficient (Wildman–Crippen LogP) is 0.621. The van der Waals surface area contributed by atoms with Crippen molar-refractivity contribution in [2.24, 2.45) is 0 Å². The number of para-hydroxylation sites is 1. The Morgan fingerprint density at radius 2 is 2.15 bits per heavy atom. The van der Waals surface area contributed by atoms with Gasteiger partial charge in [-0.3, -0.25) is 5.32 Å². The monoisotopic (exact) mass is 176 g/mol. The lowest BCUT2D eigenvalue weighted by Crippen LogP contribution is -2.24. The molecule has 0 aliphatic carbocycles. The van der Waals surface area contributed by atoms with Crippen LogP contribution in [0.1, 0.15) is 0 Å². The molecule has 1 saturated heterocycles. The highest BCUT2D eigenvalue weighted by Gasteiger charge is 2.20. The summed E-state index contributed by atoms with van der Waals surface area (Å²) in [5.41, 5.74) is 1.17. The fourth-order valence-electron chi connectivity index (χ4n) is 1.52. The molecule has 1 fully saturated rings. The topological polar surface area (TPSA) is 32.3 Å². The molecule has 68 valence electrons. The molecule has 1 aliphatic heterocycles. The van der Waals surface area contributed by atoms with Crippen LogP contribution in [-0.2, 0) is 4.79 Å². The average molecular weight is 176 g/mol. The Balaban J connectivity index is 2.08. The average Bonchev–Trinajstić information content (AvgIpc) is 2.67. The van der Waals surface area contributed by atoms with E-state index in [0.29, 0.717) is 0 Å². The summed E-state index contributed by atoms with van der Waals surface area (Å²) in [6.45, 7) is 1.53. The molecule has 2 rings (SSSR count). The number of nitrogens with zero attached hydrogens (tertiary/aromatic N) is 1. The number of rotatable bonds is 2. The van der Waals surface area contributed by atoms with E-state index in [9.17, 15) is 4.79 Å². The minimum absolute atomic E-state index is 0.0137. The molecule has 0 spiro atoms. The predicted molar refractivity (Wildman–Crippen MR) is 51.6 cm³/mol. The van der Waals surface area contributed by atoms with Gasteiger partial charge in [0.15, 0.2) is 0 Å². The van der Waals surface area contributed by atoms with Crippen molar-refractivity contribution in [1.29, 1.82) is 0 Å². The number of hydrogen-bond acceptors (Lipinski definition) is 3. The van der Waals surface area contributed by atoms with Crippen LogP contribution in [0.15, 0.2) is 30.3 Å². The van der Waals surface area contributed by atoms with Gasteiger partial charge < -0.3 is 9.69 Å². The van der Waals surface area contributed by atoms with Crippen LogP contribution in [-0.4, -0.2) is 25.5 Å². The minimum Gasteiger partial charge on any atom is -0.357 e. The number of anilines is 1. The Morgan fingerprint density at radius 3 is 2.77 bits per heavy atom. The zero-order valence-corrected chi connectivity index (χ0v) is 7.31. The van der Waals surface area contributed by atoms with Crippen molar-refractivity contribution < 1.29 is 4.79 Å². The van der Waals surface area contributed by atoms with Crippen molar-refractivity contribution in [1.82, 2.24) is 5.32 Å². The summed E-state index contributed by atoms with van der Waals surface area (Å²) in [5.74, 6) is 0. The van der Waals surface area contributed by atoms with Gasteiger partial charge in [-0.15, -0.1) is 0 Å². The summed E-state index contributed by atoms with van der Waals surface area (Å²) in [4.78, 5) is 12.6. The smallest absolute Gasteiger partial charge is 0.138 e. The van der Waals surface area contributed by atoms with Gasteiger partial charge in [0, 0.05) is 12.2 Å². The van der Waals surface area contributed by atoms with Crippen molar-refractivity contribution in [3.05, 3.63) is 30.3 Å². The van der Waals surface area contributed by atoms with Crippen LogP contribution in [0.5, 0.6) is 0 Å². The molecule has 0 aromatic heterocycles. The van der Waals surface area contributed by atoms with Gasteiger partial charge in [-0.2, -0.15) is 0 Å². The molecule has 0 bridgehead atoms. The molecule has 1 aliphatic rings. The molecule has 13 heavy (non-hydrogen) atoms. The first-order chi connectivity index (χ1) is 6.40. The molecular weight excluding hydrogens is 164 g/mol. The van der Waals surface area contributed by atoms with Crippen LogP contribution in [0.3, 0.4) is 0 Å². The number of carbonyl (C=O) groups excluding carboxylic acids is 1. The van der Waals surface area contributed by atoms with E-state index in [1.807, 2.05) is 18.2 Å². The summed E-state index contributed by atoms with van der Waals surface area (Å²) in [7, 11) is 0. The van der Waals surface area contributed by atoms with Crippen LogP contribution in [0, 0.1) is 0 Å². The van der Waals surface area contributed by atoms with Gasteiger partial charge >= 0.3 is 0 Å². The Kier molecular flexibility index (Phi) is 2.27. The molecule has 0 amide bonds. The fraction of sp³-hybridized carbons (Fsp3) is 0.300. The molecule has 3 nitrogen and oxygen atoms in total. The largest absolute Gasteiger partial charge is 0.357 e. The van der Waals surface area contributed by atoms with E-state index in [1.165, 1.54) is 5.69 Å². The quantitative estimate of drug-likeness (QED) is 0.670. The molecular formula is C10H12N2O. The molecule has 1 aromatic rings. The Bertz CT molecular complexity index is 286. The molecule has 1 N–H and O–H groups in total. The van der Waals surface area contributed by atoms with E-state index >= 15 is 0 Å². The van der Waals surface area contributed by atoms with Gasteiger partial charge in [0.05, 0.1) is 12.7 Å².